The zero-order chi connectivity index (χ0) is 23.1. The van der Waals surface area contributed by atoms with Gasteiger partial charge in [0.1, 0.15) is 17.3 Å². The van der Waals surface area contributed by atoms with E-state index in [9.17, 15) is 4.39 Å². The molecule has 0 bridgehead atoms. The predicted octanol–water partition coefficient (Wildman–Crippen LogP) is 4.48. The summed E-state index contributed by atoms with van der Waals surface area (Å²) >= 11 is 5.97. The number of hydrogen-bond acceptors (Lipinski definition) is 6. The number of anilines is 2. The van der Waals surface area contributed by atoms with Gasteiger partial charge in [0.15, 0.2) is 5.82 Å². The summed E-state index contributed by atoms with van der Waals surface area (Å²) in [5.74, 6) is 1.60. The van der Waals surface area contributed by atoms with Crippen LogP contribution in [0.4, 0.5) is 16.2 Å². The van der Waals surface area contributed by atoms with Gasteiger partial charge < -0.3 is 14.8 Å². The quantitative estimate of drug-likeness (QED) is 0.469. The van der Waals surface area contributed by atoms with Crippen molar-refractivity contribution in [2.24, 2.45) is 7.05 Å². The van der Waals surface area contributed by atoms with E-state index >= 15 is 0 Å². The molecule has 0 radical (unpaired) electrons. The monoisotopic (exact) mass is 464 g/mol. The Morgan fingerprint density at radius 3 is 2.79 bits per heavy atom. The Morgan fingerprint density at radius 1 is 1.18 bits per heavy atom. The van der Waals surface area contributed by atoms with E-state index in [1.807, 2.05) is 25.4 Å². The number of fused-ring (bicyclic) bond motifs is 1. The largest absolute Gasteiger partial charge is 0.360 e. The molecular formula is C23H22ClFN8. The fourth-order valence-corrected chi connectivity index (χ4v) is 4.15. The summed E-state index contributed by atoms with van der Waals surface area (Å²) < 4.78 is 17.3. The van der Waals surface area contributed by atoms with Crippen molar-refractivity contribution in [3.8, 4) is 11.4 Å². The van der Waals surface area contributed by atoms with Gasteiger partial charge in [0.25, 0.3) is 0 Å². The van der Waals surface area contributed by atoms with Crippen LogP contribution < -0.4 is 5.32 Å². The first kappa shape index (κ1) is 21.1. The van der Waals surface area contributed by atoms with Crippen LogP contribution in [0.3, 0.4) is 0 Å². The second kappa shape index (κ2) is 8.32. The van der Waals surface area contributed by atoms with E-state index in [2.05, 4.69) is 43.4 Å². The van der Waals surface area contributed by atoms with Crippen LogP contribution in [0.1, 0.15) is 18.3 Å². The summed E-state index contributed by atoms with van der Waals surface area (Å²) in [6.07, 6.45) is 5.38. The van der Waals surface area contributed by atoms with Crippen LogP contribution in [0.2, 0.25) is 5.02 Å². The van der Waals surface area contributed by atoms with Gasteiger partial charge in [0.05, 0.1) is 22.6 Å². The second-order valence-corrected chi connectivity index (χ2v) is 8.41. The van der Waals surface area contributed by atoms with Crippen molar-refractivity contribution in [1.82, 2.24) is 34.2 Å². The third-order valence-corrected chi connectivity index (χ3v) is 5.98. The second-order valence-electron chi connectivity index (χ2n) is 8.00. The zero-order valence-electron chi connectivity index (χ0n) is 18.2. The number of halogens is 2. The number of hydrogen-bond donors (Lipinski definition) is 1. The fraction of sp³-hybridized carbons (Fsp3) is 0.217. The van der Waals surface area contributed by atoms with Crippen LogP contribution in [0.15, 0.2) is 55.5 Å². The summed E-state index contributed by atoms with van der Waals surface area (Å²) in [5, 5.41) is 7.42. The molecule has 3 aromatic heterocycles. The smallest absolute Gasteiger partial charge is 0.228 e. The van der Waals surface area contributed by atoms with Gasteiger partial charge in [-0.2, -0.15) is 5.10 Å². The molecule has 5 rings (SSSR count). The van der Waals surface area contributed by atoms with Gasteiger partial charge in [0.2, 0.25) is 5.95 Å². The lowest BCUT2D eigenvalue weighted by Crippen LogP contribution is -2.39. The maximum atomic E-state index is 13.5. The Kier molecular flexibility index (Phi) is 5.33. The van der Waals surface area contributed by atoms with Crippen molar-refractivity contribution in [3.05, 3.63) is 77.7 Å². The lowest BCUT2D eigenvalue weighted by molar-refractivity contribution is 0.253. The van der Waals surface area contributed by atoms with E-state index in [1.54, 1.807) is 29.2 Å². The van der Waals surface area contributed by atoms with E-state index in [4.69, 9.17) is 16.6 Å². The molecule has 0 saturated carbocycles. The first-order chi connectivity index (χ1) is 15.9. The normalized spacial score (nSPS) is 15.6. The molecule has 0 fully saturated rings. The summed E-state index contributed by atoms with van der Waals surface area (Å²) in [4.78, 5) is 15.9. The Hall–Kier alpha value is -3.72. The Morgan fingerprint density at radius 2 is 2.03 bits per heavy atom. The predicted molar refractivity (Wildman–Crippen MR) is 125 cm³/mol. The third kappa shape index (κ3) is 4.07. The minimum Gasteiger partial charge on any atom is -0.360 e. The lowest BCUT2D eigenvalue weighted by atomic mass is 10.1. The van der Waals surface area contributed by atoms with E-state index in [0.717, 1.165) is 35.1 Å². The van der Waals surface area contributed by atoms with Gasteiger partial charge >= 0.3 is 0 Å². The minimum absolute atomic E-state index is 0.117. The standard InChI is InChI=1S/C23H22ClFN8/c1-14-11-32-13-20(19-6-8-26-23(29-19)30-21-7-9-27-31(21)3)28-22(32)15(2)33(14)12-16-4-5-18(25)17(24)10-16/h4-10,13-14H,2,11-12H2,1,3H3,(H,26,29,30)/t14-/m0/s1. The van der Waals surface area contributed by atoms with Gasteiger partial charge in [-0.25, -0.2) is 19.3 Å². The van der Waals surface area contributed by atoms with Crippen LogP contribution in [0.25, 0.3) is 17.1 Å². The molecule has 1 aliphatic heterocycles. The Balaban J connectivity index is 1.40. The molecule has 0 unspecified atom stereocenters. The molecule has 33 heavy (non-hydrogen) atoms. The van der Waals surface area contributed by atoms with Crippen molar-refractivity contribution in [3.63, 3.8) is 0 Å². The third-order valence-electron chi connectivity index (χ3n) is 5.69. The highest BCUT2D eigenvalue weighted by molar-refractivity contribution is 6.30. The first-order valence-corrected chi connectivity index (χ1v) is 10.8. The number of benzene rings is 1. The van der Waals surface area contributed by atoms with Crippen LogP contribution in [-0.2, 0) is 20.1 Å². The fourth-order valence-electron chi connectivity index (χ4n) is 3.95. The van der Waals surface area contributed by atoms with Crippen LogP contribution >= 0.6 is 11.6 Å². The topological polar surface area (TPSA) is 76.7 Å². The molecule has 1 aromatic carbocycles. The molecule has 1 N–H and O–H groups in total. The van der Waals surface area contributed by atoms with Gasteiger partial charge in [-0.1, -0.05) is 24.2 Å². The minimum atomic E-state index is -0.423. The Bertz CT molecular complexity index is 1340. The van der Waals surface area contributed by atoms with E-state index < -0.39 is 5.82 Å². The average Bonchev–Trinajstić information content (AvgIpc) is 3.40. The summed E-state index contributed by atoms with van der Waals surface area (Å²) in [6.45, 7) is 7.71. The van der Waals surface area contributed by atoms with Crippen molar-refractivity contribution in [1.29, 1.82) is 0 Å². The van der Waals surface area contributed by atoms with Gasteiger partial charge in [0, 0.05) is 44.6 Å². The molecule has 10 heteroatoms. The van der Waals surface area contributed by atoms with E-state index in [-0.39, 0.29) is 11.1 Å². The summed E-state index contributed by atoms with van der Waals surface area (Å²) in [7, 11) is 1.84. The Labute approximate surface area is 195 Å². The SMILES string of the molecule is C=C1c2nc(-c3ccnc(Nc4ccnn4C)n3)cn2C[C@H](C)N1Cc1ccc(F)c(Cl)c1. The number of nitrogens with one attached hydrogen (secondary N) is 1. The number of rotatable bonds is 5. The highest BCUT2D eigenvalue weighted by Crippen LogP contribution is 2.31. The molecule has 0 aliphatic carbocycles. The first-order valence-electron chi connectivity index (χ1n) is 10.4. The molecule has 0 amide bonds. The maximum absolute atomic E-state index is 13.5. The van der Waals surface area contributed by atoms with Crippen molar-refractivity contribution < 1.29 is 4.39 Å². The molecule has 4 heterocycles. The molecule has 1 atom stereocenters. The van der Waals surface area contributed by atoms with Gasteiger partial charge in [-0.05, 0) is 30.7 Å². The maximum Gasteiger partial charge on any atom is 0.228 e. The van der Waals surface area contributed by atoms with Crippen molar-refractivity contribution >= 4 is 29.1 Å². The summed E-state index contributed by atoms with van der Waals surface area (Å²) in [6, 6.07) is 8.63. The molecular weight excluding hydrogens is 443 g/mol. The summed E-state index contributed by atoms with van der Waals surface area (Å²) in [5.41, 5.74) is 3.15. The lowest BCUT2D eigenvalue weighted by Gasteiger charge is -2.37. The van der Waals surface area contributed by atoms with Gasteiger partial charge in [-0.15, -0.1) is 0 Å². The molecule has 0 spiro atoms. The van der Waals surface area contributed by atoms with Crippen molar-refractivity contribution in [2.75, 3.05) is 5.32 Å². The highest BCUT2D eigenvalue weighted by Gasteiger charge is 2.28. The van der Waals surface area contributed by atoms with E-state index in [1.165, 1.54) is 6.07 Å². The number of aryl methyl sites for hydroxylation is 1. The number of nitrogens with zero attached hydrogens (tertiary/aromatic N) is 7. The van der Waals surface area contributed by atoms with Crippen LogP contribution in [0, 0.1) is 5.82 Å². The molecule has 8 nitrogen and oxygen atoms in total. The number of aromatic nitrogens is 6. The molecule has 168 valence electrons. The van der Waals surface area contributed by atoms with Crippen LogP contribution in [-0.4, -0.2) is 40.2 Å². The number of imidazole rings is 1. The van der Waals surface area contributed by atoms with Crippen molar-refractivity contribution in [2.45, 2.75) is 26.1 Å². The molecule has 4 aromatic rings. The van der Waals surface area contributed by atoms with Gasteiger partial charge in [-0.3, -0.25) is 4.68 Å². The molecule has 1 aliphatic rings. The van der Waals surface area contributed by atoms with E-state index in [0.29, 0.717) is 18.2 Å². The molecule has 0 saturated heterocycles. The zero-order valence-corrected chi connectivity index (χ0v) is 19.0. The average molecular weight is 465 g/mol. The van der Waals surface area contributed by atoms with Crippen LogP contribution in [0.5, 0.6) is 0 Å². The highest BCUT2D eigenvalue weighted by atomic mass is 35.5.